The molecule has 1 nitrogen and oxygen atoms in total. The summed E-state index contributed by atoms with van der Waals surface area (Å²) < 4.78 is 56.4. The van der Waals surface area contributed by atoms with Crippen molar-refractivity contribution in [2.45, 2.75) is 12.8 Å². The maximum absolute atomic E-state index is 12.8. The lowest BCUT2D eigenvalue weighted by molar-refractivity contribution is -0.138. The molecule has 0 fully saturated rings. The zero-order valence-electron chi connectivity index (χ0n) is 10.0. The first-order valence-electron chi connectivity index (χ1n) is 5.61. The molecule has 0 aromatic heterocycles. The Bertz CT molecular complexity index is 610. The van der Waals surface area contributed by atoms with Crippen LogP contribution >= 0.6 is 11.6 Å². The lowest BCUT2D eigenvalue weighted by Gasteiger charge is -2.14. The van der Waals surface area contributed by atoms with Crippen molar-refractivity contribution in [2.24, 2.45) is 0 Å². The Morgan fingerprint density at radius 1 is 1.05 bits per heavy atom. The van der Waals surface area contributed by atoms with Crippen LogP contribution in [0.1, 0.15) is 11.1 Å². The summed E-state index contributed by atoms with van der Waals surface area (Å²) in [6.07, 6.45) is -4.45. The van der Waals surface area contributed by atoms with E-state index in [-0.39, 0.29) is 22.9 Å². The van der Waals surface area contributed by atoms with Crippen LogP contribution in [0, 0.1) is 5.82 Å². The lowest BCUT2D eigenvalue weighted by Crippen LogP contribution is -2.10. The highest BCUT2D eigenvalue weighted by Crippen LogP contribution is 2.33. The van der Waals surface area contributed by atoms with E-state index in [0.29, 0.717) is 0 Å². The molecule has 20 heavy (non-hydrogen) atoms. The number of ether oxygens (including phenoxy) is 1. The van der Waals surface area contributed by atoms with E-state index in [0.717, 1.165) is 18.2 Å². The third kappa shape index (κ3) is 3.42. The van der Waals surface area contributed by atoms with Gasteiger partial charge in [0.1, 0.15) is 18.2 Å². The van der Waals surface area contributed by atoms with Gasteiger partial charge in [-0.15, -0.1) is 0 Å². The molecule has 106 valence electrons. The molecular weight excluding hydrogens is 296 g/mol. The fraction of sp³-hybridized carbons (Fsp3) is 0.143. The molecule has 0 aliphatic rings. The second kappa shape index (κ2) is 5.71. The quantitative estimate of drug-likeness (QED) is 0.719. The Morgan fingerprint density at radius 3 is 2.40 bits per heavy atom. The zero-order chi connectivity index (χ0) is 14.8. The smallest absolute Gasteiger partial charge is 0.416 e. The van der Waals surface area contributed by atoms with Gasteiger partial charge in [0.05, 0.1) is 10.6 Å². The molecule has 0 radical (unpaired) electrons. The molecule has 0 bridgehead atoms. The second-order valence-electron chi connectivity index (χ2n) is 4.02. The molecule has 0 spiro atoms. The van der Waals surface area contributed by atoms with E-state index in [4.69, 9.17) is 16.3 Å². The predicted octanol–water partition coefficient (Wildman–Crippen LogP) is 5.08. The maximum atomic E-state index is 12.8. The van der Waals surface area contributed by atoms with Crippen LogP contribution in [0.15, 0.2) is 42.5 Å². The van der Waals surface area contributed by atoms with Gasteiger partial charge >= 0.3 is 6.18 Å². The summed E-state index contributed by atoms with van der Waals surface area (Å²) in [7, 11) is 0. The van der Waals surface area contributed by atoms with Gasteiger partial charge < -0.3 is 4.74 Å². The topological polar surface area (TPSA) is 9.23 Å². The van der Waals surface area contributed by atoms with Crippen molar-refractivity contribution >= 4 is 11.6 Å². The van der Waals surface area contributed by atoms with E-state index in [2.05, 4.69) is 0 Å². The molecule has 0 saturated carbocycles. The first kappa shape index (κ1) is 14.7. The van der Waals surface area contributed by atoms with Gasteiger partial charge in [-0.1, -0.05) is 29.8 Å². The fourth-order valence-corrected chi connectivity index (χ4v) is 1.89. The Labute approximate surface area is 117 Å². The van der Waals surface area contributed by atoms with Gasteiger partial charge in [0.15, 0.2) is 0 Å². The van der Waals surface area contributed by atoms with Crippen LogP contribution in [0.25, 0.3) is 0 Å². The van der Waals surface area contributed by atoms with Gasteiger partial charge in [0, 0.05) is 5.56 Å². The van der Waals surface area contributed by atoms with Gasteiger partial charge in [-0.3, -0.25) is 0 Å². The van der Waals surface area contributed by atoms with Gasteiger partial charge in [-0.05, 0) is 24.3 Å². The molecule has 2 rings (SSSR count). The van der Waals surface area contributed by atoms with Crippen LogP contribution in [0.4, 0.5) is 17.6 Å². The number of halogens is 5. The Kier molecular flexibility index (Phi) is 4.18. The number of hydrogen-bond acceptors (Lipinski definition) is 1. The minimum absolute atomic E-state index is 0.00879. The van der Waals surface area contributed by atoms with Crippen LogP contribution in [0.5, 0.6) is 5.75 Å². The van der Waals surface area contributed by atoms with Crippen LogP contribution < -0.4 is 4.74 Å². The third-order valence-corrected chi connectivity index (χ3v) is 2.90. The minimum atomic E-state index is -4.45. The summed E-state index contributed by atoms with van der Waals surface area (Å²) in [6, 6.07) is 8.51. The summed E-state index contributed by atoms with van der Waals surface area (Å²) in [4.78, 5) is 0. The average Bonchev–Trinajstić information content (AvgIpc) is 2.37. The molecule has 0 aliphatic heterocycles. The van der Waals surface area contributed by atoms with Crippen LogP contribution in [-0.4, -0.2) is 0 Å². The monoisotopic (exact) mass is 304 g/mol. The van der Waals surface area contributed by atoms with Gasteiger partial charge in [0.25, 0.3) is 0 Å². The maximum Gasteiger partial charge on any atom is 0.416 e. The van der Waals surface area contributed by atoms with E-state index < -0.39 is 17.6 Å². The summed E-state index contributed by atoms with van der Waals surface area (Å²) in [5.74, 6) is -0.414. The second-order valence-corrected chi connectivity index (χ2v) is 4.43. The molecular formula is C14H9ClF4O. The van der Waals surface area contributed by atoms with Crippen molar-refractivity contribution in [1.29, 1.82) is 0 Å². The van der Waals surface area contributed by atoms with Crippen molar-refractivity contribution in [1.82, 2.24) is 0 Å². The van der Waals surface area contributed by atoms with Gasteiger partial charge in [-0.25, -0.2) is 4.39 Å². The number of benzene rings is 2. The largest absolute Gasteiger partial charge is 0.487 e. The summed E-state index contributed by atoms with van der Waals surface area (Å²) in [5.41, 5.74) is -0.779. The molecule has 0 unspecified atom stereocenters. The molecule has 0 amide bonds. The highest BCUT2D eigenvalue weighted by atomic mass is 35.5. The molecule has 6 heteroatoms. The highest BCUT2D eigenvalue weighted by molar-refractivity contribution is 6.32. The number of alkyl halides is 3. The lowest BCUT2D eigenvalue weighted by atomic mass is 10.1. The molecule has 0 N–H and O–H groups in total. The highest BCUT2D eigenvalue weighted by Gasteiger charge is 2.32. The molecule has 0 aliphatic carbocycles. The number of rotatable bonds is 3. The van der Waals surface area contributed by atoms with E-state index >= 15 is 0 Å². The Hall–Kier alpha value is -1.75. The van der Waals surface area contributed by atoms with Crippen molar-refractivity contribution < 1.29 is 22.3 Å². The average molecular weight is 305 g/mol. The summed E-state index contributed by atoms with van der Waals surface area (Å²) in [5, 5.41) is 0.00879. The Morgan fingerprint density at radius 2 is 1.75 bits per heavy atom. The van der Waals surface area contributed by atoms with Crippen molar-refractivity contribution in [3.8, 4) is 5.75 Å². The molecule has 2 aromatic rings. The van der Waals surface area contributed by atoms with Crippen LogP contribution in [-0.2, 0) is 12.8 Å². The fourth-order valence-electron chi connectivity index (χ4n) is 1.67. The van der Waals surface area contributed by atoms with E-state index in [1.165, 1.54) is 24.3 Å². The SMILES string of the molecule is Fc1ccc(OCc2ccccc2C(F)(F)F)c(Cl)c1. The Balaban J connectivity index is 2.19. The van der Waals surface area contributed by atoms with Crippen molar-refractivity contribution in [3.63, 3.8) is 0 Å². The molecule has 0 heterocycles. The standard InChI is InChI=1S/C14H9ClF4O/c15-12-7-10(16)5-6-13(12)20-8-9-3-1-2-4-11(9)14(17,18)19/h1-7H,8H2. The third-order valence-electron chi connectivity index (χ3n) is 2.60. The number of hydrogen-bond donors (Lipinski definition) is 0. The van der Waals surface area contributed by atoms with Gasteiger partial charge in [-0.2, -0.15) is 13.2 Å². The first-order chi connectivity index (χ1) is 9.38. The predicted molar refractivity (Wildman–Crippen MR) is 67.2 cm³/mol. The van der Waals surface area contributed by atoms with Crippen molar-refractivity contribution in [2.75, 3.05) is 0 Å². The van der Waals surface area contributed by atoms with E-state index in [1.807, 2.05) is 0 Å². The van der Waals surface area contributed by atoms with E-state index in [1.54, 1.807) is 0 Å². The molecule has 0 atom stereocenters. The molecule has 2 aromatic carbocycles. The molecule has 0 saturated heterocycles. The van der Waals surface area contributed by atoms with Crippen LogP contribution in [0.2, 0.25) is 5.02 Å². The zero-order valence-corrected chi connectivity index (χ0v) is 10.8. The normalized spacial score (nSPS) is 11.4. The van der Waals surface area contributed by atoms with Crippen LogP contribution in [0.3, 0.4) is 0 Å². The summed E-state index contributed by atoms with van der Waals surface area (Å²) >= 11 is 5.74. The van der Waals surface area contributed by atoms with Crippen molar-refractivity contribution in [3.05, 3.63) is 64.4 Å². The van der Waals surface area contributed by atoms with Gasteiger partial charge in [0.2, 0.25) is 0 Å². The van der Waals surface area contributed by atoms with E-state index in [9.17, 15) is 17.6 Å². The minimum Gasteiger partial charge on any atom is -0.487 e. The first-order valence-corrected chi connectivity index (χ1v) is 5.98. The summed E-state index contributed by atoms with van der Waals surface area (Å²) in [6.45, 7) is -0.305.